The summed E-state index contributed by atoms with van der Waals surface area (Å²) in [5.41, 5.74) is 6.93. The van der Waals surface area contributed by atoms with E-state index < -0.39 is 0 Å². The number of carbonyl (C=O) groups excluding carboxylic acids is 1. The highest BCUT2D eigenvalue weighted by Crippen LogP contribution is 2.25. The van der Waals surface area contributed by atoms with Gasteiger partial charge in [-0.05, 0) is 56.2 Å². The van der Waals surface area contributed by atoms with Crippen LogP contribution in [-0.2, 0) is 11.3 Å². The lowest BCUT2D eigenvalue weighted by Crippen LogP contribution is -2.20. The van der Waals surface area contributed by atoms with Crippen molar-refractivity contribution in [2.45, 2.75) is 27.3 Å². The highest BCUT2D eigenvalue weighted by molar-refractivity contribution is 5.94. The Kier molecular flexibility index (Phi) is 4.65. The number of hydrogen-bond acceptors (Lipinski definition) is 3. The number of fused-ring (bicyclic) bond motifs is 1. The number of nitrogens with one attached hydrogen (secondary N) is 1. The van der Waals surface area contributed by atoms with Crippen molar-refractivity contribution >= 4 is 22.6 Å². The van der Waals surface area contributed by atoms with Gasteiger partial charge in [-0.15, -0.1) is 0 Å². The van der Waals surface area contributed by atoms with E-state index in [2.05, 4.69) is 29.4 Å². The first-order chi connectivity index (χ1) is 13.5. The minimum atomic E-state index is -0.0755. The zero-order valence-electron chi connectivity index (χ0n) is 16.2. The molecular formula is C23H22N4O. The van der Waals surface area contributed by atoms with Gasteiger partial charge in [0.2, 0.25) is 5.91 Å². The molecule has 0 saturated carbocycles. The second kappa shape index (κ2) is 7.27. The molecule has 28 heavy (non-hydrogen) atoms. The molecule has 140 valence electrons. The van der Waals surface area contributed by atoms with Gasteiger partial charge in [0.1, 0.15) is 12.4 Å². The van der Waals surface area contributed by atoms with Gasteiger partial charge in [0.15, 0.2) is 0 Å². The van der Waals surface area contributed by atoms with Crippen molar-refractivity contribution in [2.75, 3.05) is 5.32 Å². The Morgan fingerprint density at radius 2 is 1.68 bits per heavy atom. The van der Waals surface area contributed by atoms with Gasteiger partial charge < -0.3 is 9.88 Å². The summed E-state index contributed by atoms with van der Waals surface area (Å²) in [6, 6.07) is 15.8. The Morgan fingerprint density at radius 1 is 1.00 bits per heavy atom. The van der Waals surface area contributed by atoms with Crippen molar-refractivity contribution in [1.82, 2.24) is 14.5 Å². The average molecular weight is 370 g/mol. The third-order valence-corrected chi connectivity index (χ3v) is 4.84. The minimum absolute atomic E-state index is 0.0755. The maximum absolute atomic E-state index is 12.9. The predicted molar refractivity (Wildman–Crippen MR) is 112 cm³/mol. The van der Waals surface area contributed by atoms with E-state index >= 15 is 0 Å². The van der Waals surface area contributed by atoms with E-state index in [4.69, 9.17) is 4.98 Å². The Hall–Kier alpha value is -3.47. The Labute approximate surface area is 164 Å². The van der Waals surface area contributed by atoms with Crippen molar-refractivity contribution in [3.63, 3.8) is 0 Å². The Balaban J connectivity index is 1.71. The summed E-state index contributed by atoms with van der Waals surface area (Å²) >= 11 is 0. The van der Waals surface area contributed by atoms with Crippen LogP contribution < -0.4 is 5.32 Å². The van der Waals surface area contributed by atoms with E-state index in [1.54, 1.807) is 12.4 Å². The van der Waals surface area contributed by atoms with Crippen molar-refractivity contribution in [2.24, 2.45) is 0 Å². The highest BCUT2D eigenvalue weighted by atomic mass is 16.1. The smallest absolute Gasteiger partial charge is 0.244 e. The molecule has 0 bridgehead atoms. The lowest BCUT2D eigenvalue weighted by Gasteiger charge is -2.14. The summed E-state index contributed by atoms with van der Waals surface area (Å²) in [6.07, 6.45) is 3.47. The number of aryl methyl sites for hydroxylation is 3. The van der Waals surface area contributed by atoms with Gasteiger partial charge >= 0.3 is 0 Å². The van der Waals surface area contributed by atoms with Gasteiger partial charge in [0, 0.05) is 23.6 Å². The van der Waals surface area contributed by atoms with E-state index in [0.29, 0.717) is 0 Å². The maximum Gasteiger partial charge on any atom is 0.244 e. The standard InChI is InChI=1S/C23H22N4O/c1-15-12-16(2)22(17(3)13-15)26-21(28)14-27-20-7-5-4-6-19(20)25-23(27)18-8-10-24-11-9-18/h4-13H,14H2,1-3H3,(H,26,28). The number of aromatic nitrogens is 3. The molecule has 2 heterocycles. The van der Waals surface area contributed by atoms with Crippen LogP contribution in [0.1, 0.15) is 16.7 Å². The Bertz CT molecular complexity index is 1140. The number of hydrogen-bond donors (Lipinski definition) is 1. The van der Waals surface area contributed by atoms with Gasteiger partial charge in [-0.25, -0.2) is 4.98 Å². The molecule has 0 atom stereocenters. The number of rotatable bonds is 4. The maximum atomic E-state index is 12.9. The third kappa shape index (κ3) is 3.39. The quantitative estimate of drug-likeness (QED) is 0.568. The monoisotopic (exact) mass is 370 g/mol. The largest absolute Gasteiger partial charge is 0.324 e. The topological polar surface area (TPSA) is 59.8 Å². The van der Waals surface area contributed by atoms with Crippen molar-refractivity contribution in [1.29, 1.82) is 0 Å². The molecule has 0 fully saturated rings. The Morgan fingerprint density at radius 3 is 2.39 bits per heavy atom. The van der Waals surface area contributed by atoms with E-state index in [1.165, 1.54) is 5.56 Å². The molecule has 0 radical (unpaired) electrons. The van der Waals surface area contributed by atoms with Crippen LogP contribution in [0.2, 0.25) is 0 Å². The fourth-order valence-corrected chi connectivity index (χ4v) is 3.66. The summed E-state index contributed by atoms with van der Waals surface area (Å²) in [5.74, 6) is 0.685. The van der Waals surface area contributed by atoms with Crippen LogP contribution in [-0.4, -0.2) is 20.4 Å². The summed E-state index contributed by atoms with van der Waals surface area (Å²) in [4.78, 5) is 21.8. The second-order valence-corrected chi connectivity index (χ2v) is 7.07. The molecular weight excluding hydrogens is 348 g/mol. The normalized spacial score (nSPS) is 11.0. The van der Waals surface area contributed by atoms with Crippen LogP contribution in [0.25, 0.3) is 22.4 Å². The molecule has 0 spiro atoms. The molecule has 1 N–H and O–H groups in total. The van der Waals surface area contributed by atoms with Gasteiger partial charge in [-0.3, -0.25) is 9.78 Å². The van der Waals surface area contributed by atoms with Crippen LogP contribution >= 0.6 is 0 Å². The number of pyridine rings is 1. The molecule has 0 aliphatic rings. The van der Waals surface area contributed by atoms with Gasteiger partial charge in [0.25, 0.3) is 0 Å². The number of imidazole rings is 1. The first kappa shape index (κ1) is 17.9. The second-order valence-electron chi connectivity index (χ2n) is 7.07. The van der Waals surface area contributed by atoms with Crippen LogP contribution in [0.4, 0.5) is 5.69 Å². The molecule has 0 saturated heterocycles. The number of nitrogens with zero attached hydrogens (tertiary/aromatic N) is 3. The van der Waals surface area contributed by atoms with Crippen molar-refractivity contribution in [3.05, 3.63) is 77.6 Å². The molecule has 2 aromatic carbocycles. The number of carbonyl (C=O) groups is 1. The van der Waals surface area contributed by atoms with E-state index in [-0.39, 0.29) is 12.5 Å². The molecule has 0 aliphatic carbocycles. The summed E-state index contributed by atoms with van der Waals surface area (Å²) in [5, 5.41) is 3.09. The molecule has 0 unspecified atom stereocenters. The zero-order chi connectivity index (χ0) is 19.7. The minimum Gasteiger partial charge on any atom is -0.324 e. The number of anilines is 1. The first-order valence-corrected chi connectivity index (χ1v) is 9.26. The molecule has 0 aliphatic heterocycles. The average Bonchev–Trinajstić information content (AvgIpc) is 3.04. The van der Waals surface area contributed by atoms with Crippen molar-refractivity contribution in [3.8, 4) is 11.4 Å². The molecule has 5 nitrogen and oxygen atoms in total. The summed E-state index contributed by atoms with van der Waals surface area (Å²) in [6.45, 7) is 6.28. The van der Waals surface area contributed by atoms with E-state index in [0.717, 1.165) is 39.2 Å². The number of para-hydroxylation sites is 2. The van der Waals surface area contributed by atoms with Gasteiger partial charge in [-0.2, -0.15) is 0 Å². The van der Waals surface area contributed by atoms with Crippen LogP contribution in [0.3, 0.4) is 0 Å². The molecule has 1 amide bonds. The summed E-state index contributed by atoms with van der Waals surface area (Å²) < 4.78 is 1.96. The van der Waals surface area contributed by atoms with E-state index in [9.17, 15) is 4.79 Å². The lowest BCUT2D eigenvalue weighted by molar-refractivity contribution is -0.116. The first-order valence-electron chi connectivity index (χ1n) is 9.26. The molecule has 5 heteroatoms. The fraction of sp³-hybridized carbons (Fsp3) is 0.174. The van der Waals surface area contributed by atoms with Gasteiger partial charge in [-0.1, -0.05) is 29.8 Å². The molecule has 4 aromatic rings. The van der Waals surface area contributed by atoms with Crippen LogP contribution in [0, 0.1) is 20.8 Å². The molecule has 2 aromatic heterocycles. The van der Waals surface area contributed by atoms with Gasteiger partial charge in [0.05, 0.1) is 11.0 Å². The number of benzene rings is 2. The predicted octanol–water partition coefficient (Wildman–Crippen LogP) is 4.66. The summed E-state index contributed by atoms with van der Waals surface area (Å²) in [7, 11) is 0. The third-order valence-electron chi connectivity index (χ3n) is 4.84. The van der Waals surface area contributed by atoms with Crippen molar-refractivity contribution < 1.29 is 4.79 Å². The van der Waals surface area contributed by atoms with Crippen LogP contribution in [0.5, 0.6) is 0 Å². The highest BCUT2D eigenvalue weighted by Gasteiger charge is 2.16. The lowest BCUT2D eigenvalue weighted by atomic mass is 10.1. The SMILES string of the molecule is Cc1cc(C)c(NC(=O)Cn2c(-c3ccncc3)nc3ccccc32)c(C)c1. The fourth-order valence-electron chi connectivity index (χ4n) is 3.66. The van der Waals surface area contributed by atoms with E-state index in [1.807, 2.05) is 54.8 Å². The van der Waals surface area contributed by atoms with Crippen LogP contribution in [0.15, 0.2) is 60.9 Å². The number of amides is 1. The zero-order valence-corrected chi connectivity index (χ0v) is 16.2. The molecule has 4 rings (SSSR count).